The van der Waals surface area contributed by atoms with E-state index in [2.05, 4.69) is 169 Å². The summed E-state index contributed by atoms with van der Waals surface area (Å²) in [4.78, 5) is 2.38. The summed E-state index contributed by atoms with van der Waals surface area (Å²) < 4.78 is 8.81. The molecule has 0 bridgehead atoms. The van der Waals surface area contributed by atoms with Gasteiger partial charge in [0.05, 0.1) is 0 Å². The lowest BCUT2D eigenvalue weighted by Crippen LogP contribution is -2.09. The molecule has 2 aromatic heterocycles. The molecule has 2 nitrogen and oxygen atoms in total. The first kappa shape index (κ1) is 27.9. The topological polar surface area (TPSA) is 16.4 Å². The number of hydrogen-bond donors (Lipinski definition) is 0. The second-order valence-electron chi connectivity index (χ2n) is 12.6. The Hall–Kier alpha value is -6.16. The summed E-state index contributed by atoms with van der Waals surface area (Å²) in [5, 5.41) is 7.39. The maximum absolute atomic E-state index is 6.21. The lowest BCUT2D eigenvalue weighted by molar-refractivity contribution is 0.669. The highest BCUT2D eigenvalue weighted by Gasteiger charge is 2.16. The minimum absolute atomic E-state index is 0.909. The van der Waals surface area contributed by atoms with E-state index >= 15 is 0 Å². The van der Waals surface area contributed by atoms with Crippen molar-refractivity contribution in [2.75, 3.05) is 4.90 Å². The van der Waals surface area contributed by atoms with Crippen molar-refractivity contribution in [3.63, 3.8) is 0 Å². The second-order valence-corrected chi connectivity index (χ2v) is 13.7. The number of nitrogens with zero attached hydrogens (tertiary/aromatic N) is 1. The van der Waals surface area contributed by atoms with E-state index in [0.29, 0.717) is 0 Å². The number of hydrogen-bond acceptors (Lipinski definition) is 3. The second kappa shape index (κ2) is 11.2. The van der Waals surface area contributed by atoms with E-state index in [1.807, 2.05) is 23.5 Å². The van der Waals surface area contributed by atoms with Gasteiger partial charge in [-0.1, -0.05) is 109 Å². The van der Waals surface area contributed by atoms with Crippen LogP contribution in [0.3, 0.4) is 0 Å². The minimum Gasteiger partial charge on any atom is -0.456 e. The Labute approximate surface area is 287 Å². The predicted octanol–water partition coefficient (Wildman–Crippen LogP) is 13.9. The first-order chi connectivity index (χ1) is 24.2. The monoisotopic (exact) mass is 643 g/mol. The minimum atomic E-state index is 0.909. The predicted molar refractivity (Wildman–Crippen MR) is 210 cm³/mol. The number of benzene rings is 8. The van der Waals surface area contributed by atoms with Crippen molar-refractivity contribution in [3.8, 4) is 22.3 Å². The summed E-state index contributed by atoms with van der Waals surface area (Å²) in [7, 11) is 0. The van der Waals surface area contributed by atoms with Gasteiger partial charge >= 0.3 is 0 Å². The van der Waals surface area contributed by atoms with E-state index in [9.17, 15) is 0 Å². The zero-order chi connectivity index (χ0) is 32.3. The molecule has 0 aliphatic heterocycles. The van der Waals surface area contributed by atoms with Crippen molar-refractivity contribution in [1.29, 1.82) is 0 Å². The van der Waals surface area contributed by atoms with Gasteiger partial charge in [0.25, 0.3) is 0 Å². The highest BCUT2D eigenvalue weighted by molar-refractivity contribution is 7.25. The molecule has 10 aromatic rings. The standard InChI is InChI=1S/C46H29NOS/c1-2-9-32-26-34(17-16-30(32)8-1)33-10-7-11-37(27-33)47(38-23-25-42-41-13-4-6-15-45(41)49-46(42)29-38)36-21-18-31(19-22-36)35-20-24-40-39-12-3-5-14-43(39)48-44(40)28-35/h1-29H. The molecular weight excluding hydrogens is 615 g/mol. The van der Waals surface area contributed by atoms with E-state index < -0.39 is 0 Å². The average molecular weight is 644 g/mol. The fourth-order valence-corrected chi connectivity index (χ4v) is 8.34. The van der Waals surface area contributed by atoms with Crippen molar-refractivity contribution in [3.05, 3.63) is 176 Å². The molecule has 2 heterocycles. The van der Waals surface area contributed by atoms with Crippen LogP contribution in [0, 0.1) is 0 Å². The van der Waals surface area contributed by atoms with Gasteiger partial charge in [-0.3, -0.25) is 0 Å². The summed E-state index contributed by atoms with van der Waals surface area (Å²) in [6.45, 7) is 0. The van der Waals surface area contributed by atoms with Gasteiger partial charge < -0.3 is 9.32 Å². The first-order valence-electron chi connectivity index (χ1n) is 16.6. The third kappa shape index (κ3) is 4.78. The fraction of sp³-hybridized carbons (Fsp3) is 0. The quantitative estimate of drug-likeness (QED) is 0.186. The van der Waals surface area contributed by atoms with Crippen LogP contribution in [0.1, 0.15) is 0 Å². The normalized spacial score (nSPS) is 11.7. The van der Waals surface area contributed by atoms with Gasteiger partial charge in [-0.15, -0.1) is 11.3 Å². The molecule has 0 aliphatic rings. The van der Waals surface area contributed by atoms with Crippen molar-refractivity contribution in [2.45, 2.75) is 0 Å². The number of thiophene rings is 1. The number of para-hydroxylation sites is 1. The lowest BCUT2D eigenvalue weighted by atomic mass is 10.00. The molecule has 0 atom stereocenters. The van der Waals surface area contributed by atoms with E-state index in [1.165, 1.54) is 42.1 Å². The third-order valence-electron chi connectivity index (χ3n) is 9.65. The molecule has 10 rings (SSSR count). The number of furan rings is 1. The van der Waals surface area contributed by atoms with Crippen molar-refractivity contribution >= 4 is 81.3 Å². The molecule has 0 saturated carbocycles. The van der Waals surface area contributed by atoms with Gasteiger partial charge in [0, 0.05) is 48.0 Å². The van der Waals surface area contributed by atoms with E-state index in [-0.39, 0.29) is 0 Å². The Kier molecular flexibility index (Phi) is 6.39. The molecule has 0 aliphatic carbocycles. The molecule has 230 valence electrons. The highest BCUT2D eigenvalue weighted by atomic mass is 32.1. The molecule has 0 fully saturated rings. The number of fused-ring (bicyclic) bond motifs is 7. The highest BCUT2D eigenvalue weighted by Crippen LogP contribution is 2.42. The van der Waals surface area contributed by atoms with Crippen molar-refractivity contribution in [1.82, 2.24) is 0 Å². The zero-order valence-corrected chi connectivity index (χ0v) is 27.3. The van der Waals surface area contributed by atoms with Crippen molar-refractivity contribution in [2.24, 2.45) is 0 Å². The largest absolute Gasteiger partial charge is 0.456 e. The van der Waals surface area contributed by atoms with E-state index in [1.54, 1.807) is 0 Å². The first-order valence-corrected chi connectivity index (χ1v) is 17.4. The fourth-order valence-electron chi connectivity index (χ4n) is 7.20. The maximum atomic E-state index is 6.21. The Morgan fingerprint density at radius 1 is 0.347 bits per heavy atom. The summed E-state index contributed by atoms with van der Waals surface area (Å²) in [6, 6.07) is 63.4. The van der Waals surface area contributed by atoms with E-state index in [0.717, 1.165) is 50.1 Å². The van der Waals surface area contributed by atoms with Crippen LogP contribution in [0.2, 0.25) is 0 Å². The molecule has 0 unspecified atom stereocenters. The Balaban J connectivity index is 1.09. The van der Waals surface area contributed by atoms with Crippen LogP contribution < -0.4 is 4.90 Å². The molecule has 49 heavy (non-hydrogen) atoms. The smallest absolute Gasteiger partial charge is 0.136 e. The van der Waals surface area contributed by atoms with Crippen LogP contribution in [0.5, 0.6) is 0 Å². The molecule has 0 radical (unpaired) electrons. The van der Waals surface area contributed by atoms with Crippen LogP contribution in [0.4, 0.5) is 17.1 Å². The van der Waals surface area contributed by atoms with Gasteiger partial charge in [0.1, 0.15) is 11.2 Å². The van der Waals surface area contributed by atoms with E-state index in [4.69, 9.17) is 4.42 Å². The number of anilines is 3. The maximum Gasteiger partial charge on any atom is 0.136 e. The summed E-state index contributed by atoms with van der Waals surface area (Å²) in [6.07, 6.45) is 0. The SMILES string of the molecule is c1cc(-c2ccc3ccccc3c2)cc(N(c2ccc(-c3ccc4c(c3)oc3ccccc34)cc2)c2ccc3c(c2)sc2ccccc23)c1. The van der Waals surface area contributed by atoms with Gasteiger partial charge in [-0.25, -0.2) is 0 Å². The zero-order valence-electron chi connectivity index (χ0n) is 26.5. The van der Waals surface area contributed by atoms with Crippen LogP contribution in [-0.4, -0.2) is 0 Å². The third-order valence-corrected chi connectivity index (χ3v) is 10.8. The summed E-state index contributed by atoms with van der Waals surface area (Å²) in [5.74, 6) is 0. The van der Waals surface area contributed by atoms with Crippen LogP contribution >= 0.6 is 11.3 Å². The molecule has 0 amide bonds. The van der Waals surface area contributed by atoms with Gasteiger partial charge in [0.15, 0.2) is 0 Å². The summed E-state index contributed by atoms with van der Waals surface area (Å²) >= 11 is 1.85. The molecule has 8 aromatic carbocycles. The molecular formula is C46H29NOS. The van der Waals surface area contributed by atoms with Crippen molar-refractivity contribution < 1.29 is 4.42 Å². The summed E-state index contributed by atoms with van der Waals surface area (Å²) in [5.41, 5.74) is 9.85. The Bertz CT molecular complexity index is 2840. The van der Waals surface area contributed by atoms with Crippen LogP contribution in [0.25, 0.3) is 75.1 Å². The van der Waals surface area contributed by atoms with Gasteiger partial charge in [0.2, 0.25) is 0 Å². The average Bonchev–Trinajstić information content (AvgIpc) is 3.73. The lowest BCUT2D eigenvalue weighted by Gasteiger charge is -2.26. The van der Waals surface area contributed by atoms with Gasteiger partial charge in [-0.2, -0.15) is 0 Å². The molecule has 0 spiro atoms. The molecule has 0 N–H and O–H groups in total. The number of rotatable bonds is 5. The molecule has 0 saturated heterocycles. The Morgan fingerprint density at radius 2 is 0.980 bits per heavy atom. The van der Waals surface area contributed by atoms with Crippen LogP contribution in [0.15, 0.2) is 180 Å². The van der Waals surface area contributed by atoms with Gasteiger partial charge in [-0.05, 0) is 99.8 Å². The Morgan fingerprint density at radius 3 is 1.90 bits per heavy atom. The molecule has 3 heteroatoms. The van der Waals surface area contributed by atoms with Crippen LogP contribution in [-0.2, 0) is 0 Å².